The van der Waals surface area contributed by atoms with Gasteiger partial charge in [-0.25, -0.2) is 9.59 Å². The highest BCUT2D eigenvalue weighted by Gasteiger charge is 2.47. The van der Waals surface area contributed by atoms with Gasteiger partial charge in [0.2, 0.25) is 35.4 Å². The molecule has 0 spiro atoms. The molecule has 0 bridgehead atoms. The fourth-order valence-corrected chi connectivity index (χ4v) is 6.18. The first-order valence-corrected chi connectivity index (χ1v) is 16.3. The predicted octanol–water partition coefficient (Wildman–Crippen LogP) is 0.321. The maximum absolute atomic E-state index is 11.5. The first-order chi connectivity index (χ1) is 22.4. The van der Waals surface area contributed by atoms with Crippen LogP contribution in [0.4, 0.5) is 0 Å². The van der Waals surface area contributed by atoms with E-state index < -0.39 is 28.1 Å². The molecular formula is C32H54N6O10. The minimum absolute atomic E-state index is 0.0693. The van der Waals surface area contributed by atoms with Crippen molar-refractivity contribution in [1.29, 1.82) is 0 Å². The third-order valence-electron chi connectivity index (χ3n) is 9.05. The van der Waals surface area contributed by atoms with E-state index in [1.54, 1.807) is 14.1 Å². The Labute approximate surface area is 282 Å². The number of nitrogens with one attached hydrogen (secondary N) is 6. The molecule has 4 aliphatic rings. The van der Waals surface area contributed by atoms with Gasteiger partial charge in [0.15, 0.2) is 0 Å². The van der Waals surface area contributed by atoms with E-state index >= 15 is 0 Å². The summed E-state index contributed by atoms with van der Waals surface area (Å²) < 4.78 is 4.60. The van der Waals surface area contributed by atoms with Crippen LogP contribution in [0.15, 0.2) is 0 Å². The Morgan fingerprint density at radius 3 is 0.938 bits per heavy atom. The molecule has 0 heterocycles. The average Bonchev–Trinajstić information content (AvgIpc) is 3.42. The van der Waals surface area contributed by atoms with Gasteiger partial charge >= 0.3 is 11.9 Å². The van der Waals surface area contributed by atoms with Crippen LogP contribution in [-0.2, 0) is 43.1 Å². The Bertz CT molecular complexity index is 1160. The molecule has 4 saturated carbocycles. The average molecular weight is 683 g/mol. The highest BCUT2D eigenvalue weighted by atomic mass is 16.5. The van der Waals surface area contributed by atoms with Crippen LogP contribution in [0.2, 0.25) is 0 Å². The van der Waals surface area contributed by atoms with Gasteiger partial charge in [-0.1, -0.05) is 12.8 Å². The van der Waals surface area contributed by atoms with Gasteiger partial charge in [-0.05, 0) is 70.6 Å². The maximum atomic E-state index is 11.5. The number of ether oxygens (including phenoxy) is 1. The molecule has 272 valence electrons. The van der Waals surface area contributed by atoms with Gasteiger partial charge in [0.25, 0.3) is 0 Å². The summed E-state index contributed by atoms with van der Waals surface area (Å²) in [7, 11) is 4.53. The Kier molecular flexibility index (Phi) is 16.0. The van der Waals surface area contributed by atoms with Gasteiger partial charge in [-0.15, -0.1) is 0 Å². The van der Waals surface area contributed by atoms with Gasteiger partial charge in [0.05, 0.1) is 7.11 Å². The van der Waals surface area contributed by atoms with E-state index in [1.165, 1.54) is 34.8 Å². The number of likely N-dealkylation sites (N-methyl/N-ethyl adjacent to an activating group) is 2. The summed E-state index contributed by atoms with van der Waals surface area (Å²) in [4.78, 5) is 87.8. The number of rotatable bonds is 8. The van der Waals surface area contributed by atoms with Crippen LogP contribution in [-0.4, -0.2) is 95.8 Å². The number of amides is 6. The Morgan fingerprint density at radius 2 is 0.750 bits per heavy atom. The molecule has 7 N–H and O–H groups in total. The number of esters is 1. The van der Waals surface area contributed by atoms with Crippen molar-refractivity contribution in [1.82, 2.24) is 31.9 Å². The van der Waals surface area contributed by atoms with Gasteiger partial charge < -0.3 is 41.7 Å². The minimum atomic E-state index is -0.939. The van der Waals surface area contributed by atoms with Crippen molar-refractivity contribution in [2.45, 2.75) is 133 Å². The molecule has 48 heavy (non-hydrogen) atoms. The van der Waals surface area contributed by atoms with Crippen molar-refractivity contribution >= 4 is 47.4 Å². The molecule has 4 rings (SSSR count). The summed E-state index contributed by atoms with van der Waals surface area (Å²) in [5, 5.41) is 24.4. The smallest absolute Gasteiger partial charge is 0.331 e. The number of hydrogen-bond acceptors (Lipinski definition) is 9. The third-order valence-corrected chi connectivity index (χ3v) is 9.05. The molecule has 0 aromatic rings. The lowest BCUT2D eigenvalue weighted by Gasteiger charge is -2.40. The van der Waals surface area contributed by atoms with Crippen molar-refractivity contribution in [2.24, 2.45) is 0 Å². The predicted molar refractivity (Wildman–Crippen MR) is 174 cm³/mol. The van der Waals surface area contributed by atoms with E-state index in [4.69, 9.17) is 5.11 Å². The summed E-state index contributed by atoms with van der Waals surface area (Å²) in [5.74, 6) is -2.12. The van der Waals surface area contributed by atoms with Crippen molar-refractivity contribution in [2.75, 3.05) is 21.2 Å². The molecule has 4 aliphatic carbocycles. The fourth-order valence-electron chi connectivity index (χ4n) is 6.18. The van der Waals surface area contributed by atoms with Crippen molar-refractivity contribution in [3.05, 3.63) is 0 Å². The van der Waals surface area contributed by atoms with Crippen molar-refractivity contribution in [3.63, 3.8) is 0 Å². The second kappa shape index (κ2) is 18.3. The summed E-state index contributed by atoms with van der Waals surface area (Å²) in [6.07, 6.45) is 10.4. The quantitative estimate of drug-likeness (QED) is 0.173. The third kappa shape index (κ3) is 11.2. The zero-order valence-corrected chi connectivity index (χ0v) is 29.3. The Balaban J connectivity index is 0.000000320. The standard InChI is InChI=1S/C9H16N2O2.C8H14N2O2.C8H13NO3.C7H11NO3/c1-7(12)11-9(8(13)10-2)5-3-4-6-9;1-6(11)10-8(4-3-5-8)7(12)9-2;1-6(10)9-8(4-3-5-8)7(11)12-2;1-5(9)8-7(6(10)11)3-2-4-7/h3-6H2,1-2H3,(H,10,13)(H,11,12);3-5H2,1-2H3,(H,9,12)(H,10,11);3-5H2,1-2H3,(H,9,10);2-4H2,1H3,(H,8,9)(H,10,11). The summed E-state index contributed by atoms with van der Waals surface area (Å²) >= 11 is 0. The van der Waals surface area contributed by atoms with Crippen LogP contribution < -0.4 is 31.9 Å². The number of carbonyl (C=O) groups is 8. The number of carboxylic acid groups (broad SMARTS) is 1. The molecule has 0 aromatic carbocycles. The highest BCUT2D eigenvalue weighted by molar-refractivity contribution is 5.92. The molecule has 16 nitrogen and oxygen atoms in total. The first-order valence-electron chi connectivity index (χ1n) is 16.3. The molecule has 16 heteroatoms. The summed E-state index contributed by atoms with van der Waals surface area (Å²) in [5.41, 5.74) is -2.87. The van der Waals surface area contributed by atoms with E-state index in [1.807, 2.05) is 0 Å². The van der Waals surface area contributed by atoms with Gasteiger partial charge in [-0.3, -0.25) is 28.8 Å². The second-order valence-electron chi connectivity index (χ2n) is 12.8. The number of carbonyl (C=O) groups excluding carboxylic acids is 7. The lowest BCUT2D eigenvalue weighted by Crippen LogP contribution is -2.61. The van der Waals surface area contributed by atoms with Crippen molar-refractivity contribution < 1.29 is 48.2 Å². The van der Waals surface area contributed by atoms with Crippen LogP contribution in [0.5, 0.6) is 0 Å². The molecule has 0 saturated heterocycles. The molecule has 0 aliphatic heterocycles. The zero-order chi connectivity index (χ0) is 36.8. The summed E-state index contributed by atoms with van der Waals surface area (Å²) in [6.45, 7) is 5.62. The Morgan fingerprint density at radius 1 is 0.479 bits per heavy atom. The maximum Gasteiger partial charge on any atom is 0.331 e. The molecule has 0 aromatic heterocycles. The lowest BCUT2D eigenvalue weighted by molar-refractivity contribution is -0.154. The minimum Gasteiger partial charge on any atom is -0.480 e. The largest absolute Gasteiger partial charge is 0.480 e. The van der Waals surface area contributed by atoms with E-state index in [0.717, 1.165) is 57.8 Å². The van der Waals surface area contributed by atoms with Crippen LogP contribution in [0, 0.1) is 0 Å². The van der Waals surface area contributed by atoms with Crippen molar-refractivity contribution in [3.8, 4) is 0 Å². The van der Waals surface area contributed by atoms with E-state index in [-0.39, 0.29) is 41.4 Å². The molecule has 6 amide bonds. The van der Waals surface area contributed by atoms with Gasteiger partial charge in [0, 0.05) is 41.8 Å². The second-order valence-corrected chi connectivity index (χ2v) is 12.8. The number of aliphatic carboxylic acids is 1. The normalized spacial score (nSPS) is 19.5. The topological polar surface area (TPSA) is 238 Å². The van der Waals surface area contributed by atoms with E-state index in [2.05, 4.69) is 36.6 Å². The first kappa shape index (κ1) is 41.8. The zero-order valence-electron chi connectivity index (χ0n) is 29.3. The number of hydrogen-bond donors (Lipinski definition) is 7. The molecular weight excluding hydrogens is 628 g/mol. The molecule has 0 radical (unpaired) electrons. The number of carboxylic acids is 1. The summed E-state index contributed by atoms with van der Waals surface area (Å²) in [6, 6.07) is 0. The van der Waals surface area contributed by atoms with E-state index in [9.17, 15) is 38.4 Å². The van der Waals surface area contributed by atoms with Gasteiger partial charge in [-0.2, -0.15) is 0 Å². The van der Waals surface area contributed by atoms with Crippen LogP contribution in [0.3, 0.4) is 0 Å². The van der Waals surface area contributed by atoms with E-state index in [0.29, 0.717) is 25.7 Å². The number of methoxy groups -OCH3 is 1. The SMILES string of the molecule is CC(=O)NC1(C(=O)O)CCC1.CNC(=O)C1(NC(C)=O)CCC1.CNC(=O)C1(NC(C)=O)CCCC1.COC(=O)C1(NC(C)=O)CCC1. The van der Waals surface area contributed by atoms with Crippen LogP contribution in [0.1, 0.15) is 111 Å². The monoisotopic (exact) mass is 682 g/mol. The molecule has 0 unspecified atom stereocenters. The molecule has 4 fully saturated rings. The fraction of sp³-hybridized carbons (Fsp3) is 0.750. The Hall–Kier alpha value is -4.24. The lowest BCUT2D eigenvalue weighted by atomic mass is 9.76. The molecule has 0 atom stereocenters. The van der Waals surface area contributed by atoms with Crippen LogP contribution >= 0.6 is 0 Å². The highest BCUT2D eigenvalue weighted by Crippen LogP contribution is 2.34. The van der Waals surface area contributed by atoms with Gasteiger partial charge in [0.1, 0.15) is 22.2 Å². The van der Waals surface area contributed by atoms with Crippen LogP contribution in [0.25, 0.3) is 0 Å².